The highest BCUT2D eigenvalue weighted by atomic mass is 16.5. The molecular weight excluding hydrogens is 226 g/mol. The third kappa shape index (κ3) is 4.79. The Morgan fingerprint density at radius 1 is 1.44 bits per heavy atom. The lowest BCUT2D eigenvalue weighted by molar-refractivity contribution is 0.105. The first-order chi connectivity index (χ1) is 8.67. The fourth-order valence-corrected chi connectivity index (χ4v) is 1.56. The third-order valence-electron chi connectivity index (χ3n) is 2.73. The summed E-state index contributed by atoms with van der Waals surface area (Å²) in [5.74, 6) is 3.43. The van der Waals surface area contributed by atoms with Gasteiger partial charge in [-0.1, -0.05) is 31.0 Å². The zero-order valence-corrected chi connectivity index (χ0v) is 11.0. The summed E-state index contributed by atoms with van der Waals surface area (Å²) in [4.78, 5) is 0. The number of para-hydroxylation sites is 1. The minimum absolute atomic E-state index is 0.0121. The molecule has 1 aromatic rings. The van der Waals surface area contributed by atoms with Crippen LogP contribution in [0, 0.1) is 19.3 Å². The Morgan fingerprint density at radius 3 is 2.78 bits per heavy atom. The van der Waals surface area contributed by atoms with Crippen LogP contribution in [-0.4, -0.2) is 30.4 Å². The molecular formula is C15H21NO2. The Bertz CT molecular complexity index is 398. The molecule has 3 nitrogen and oxygen atoms in total. The van der Waals surface area contributed by atoms with E-state index in [2.05, 4.69) is 11.2 Å². The van der Waals surface area contributed by atoms with E-state index < -0.39 is 6.10 Å². The predicted molar refractivity (Wildman–Crippen MR) is 73.6 cm³/mol. The standard InChI is InChI=1S/C15H21NO2/c1-4-13(5-2)16-10-14(17)11-18-15-9-7-6-8-12(15)3/h1,6-9,13-14,16-17H,5,10-11H2,2-3H3. The lowest BCUT2D eigenvalue weighted by atomic mass is 10.2. The van der Waals surface area contributed by atoms with Gasteiger partial charge in [0.15, 0.2) is 0 Å². The number of benzene rings is 1. The van der Waals surface area contributed by atoms with Gasteiger partial charge in [-0.15, -0.1) is 6.42 Å². The molecule has 0 saturated carbocycles. The lowest BCUT2D eigenvalue weighted by Gasteiger charge is -2.16. The molecule has 0 bridgehead atoms. The van der Waals surface area contributed by atoms with Gasteiger partial charge in [0.2, 0.25) is 0 Å². The number of ether oxygens (including phenoxy) is 1. The Kier molecular flexibility index (Phi) is 6.27. The number of aliphatic hydroxyl groups is 1. The number of terminal acetylenes is 1. The molecule has 0 radical (unpaired) electrons. The van der Waals surface area contributed by atoms with Crippen molar-refractivity contribution in [2.24, 2.45) is 0 Å². The maximum atomic E-state index is 9.79. The third-order valence-corrected chi connectivity index (χ3v) is 2.73. The summed E-state index contributed by atoms with van der Waals surface area (Å²) in [6.07, 6.45) is 5.62. The summed E-state index contributed by atoms with van der Waals surface area (Å²) in [5.41, 5.74) is 1.06. The summed E-state index contributed by atoms with van der Waals surface area (Å²) >= 11 is 0. The van der Waals surface area contributed by atoms with Gasteiger partial charge >= 0.3 is 0 Å². The van der Waals surface area contributed by atoms with Crippen molar-refractivity contribution in [2.45, 2.75) is 32.4 Å². The summed E-state index contributed by atoms with van der Waals surface area (Å²) in [6.45, 7) is 4.69. The van der Waals surface area contributed by atoms with E-state index in [9.17, 15) is 5.11 Å². The van der Waals surface area contributed by atoms with E-state index in [1.807, 2.05) is 38.1 Å². The lowest BCUT2D eigenvalue weighted by Crippen LogP contribution is -2.37. The summed E-state index contributed by atoms with van der Waals surface area (Å²) in [5, 5.41) is 12.9. The Labute approximate surface area is 109 Å². The van der Waals surface area contributed by atoms with Gasteiger partial charge in [0.05, 0.1) is 6.04 Å². The van der Waals surface area contributed by atoms with Crippen molar-refractivity contribution in [1.82, 2.24) is 5.32 Å². The summed E-state index contributed by atoms with van der Waals surface area (Å²) < 4.78 is 5.56. The van der Waals surface area contributed by atoms with Gasteiger partial charge in [-0.2, -0.15) is 0 Å². The van der Waals surface area contributed by atoms with E-state index in [-0.39, 0.29) is 12.6 Å². The second-order valence-corrected chi connectivity index (χ2v) is 4.27. The number of rotatable bonds is 7. The summed E-state index contributed by atoms with van der Waals surface area (Å²) in [7, 11) is 0. The normalized spacial score (nSPS) is 13.7. The maximum absolute atomic E-state index is 9.79. The first-order valence-electron chi connectivity index (χ1n) is 6.23. The van der Waals surface area contributed by atoms with Gasteiger partial charge in [0.1, 0.15) is 18.5 Å². The van der Waals surface area contributed by atoms with E-state index in [0.717, 1.165) is 17.7 Å². The number of aryl methyl sites for hydroxylation is 1. The fourth-order valence-electron chi connectivity index (χ4n) is 1.56. The van der Waals surface area contributed by atoms with Crippen LogP contribution in [0.5, 0.6) is 5.75 Å². The second kappa shape index (κ2) is 7.75. The Balaban J connectivity index is 2.31. The average molecular weight is 247 g/mol. The van der Waals surface area contributed by atoms with E-state index >= 15 is 0 Å². The molecule has 2 unspecified atom stereocenters. The van der Waals surface area contributed by atoms with Gasteiger partial charge in [-0.3, -0.25) is 0 Å². The van der Waals surface area contributed by atoms with Crippen LogP contribution in [0.2, 0.25) is 0 Å². The molecule has 0 aliphatic rings. The zero-order chi connectivity index (χ0) is 13.4. The largest absolute Gasteiger partial charge is 0.491 e. The molecule has 0 aliphatic carbocycles. The molecule has 98 valence electrons. The van der Waals surface area contributed by atoms with Crippen molar-refractivity contribution in [2.75, 3.05) is 13.2 Å². The van der Waals surface area contributed by atoms with Crippen LogP contribution in [0.4, 0.5) is 0 Å². The van der Waals surface area contributed by atoms with Crippen molar-refractivity contribution in [3.05, 3.63) is 29.8 Å². The Morgan fingerprint density at radius 2 is 2.17 bits per heavy atom. The van der Waals surface area contributed by atoms with Gasteiger partial charge < -0.3 is 15.2 Å². The van der Waals surface area contributed by atoms with Crippen LogP contribution >= 0.6 is 0 Å². The number of hydrogen-bond acceptors (Lipinski definition) is 3. The van der Waals surface area contributed by atoms with Gasteiger partial charge in [-0.25, -0.2) is 0 Å². The first kappa shape index (κ1) is 14.6. The first-order valence-corrected chi connectivity index (χ1v) is 6.23. The predicted octanol–water partition coefficient (Wildman–Crippen LogP) is 1.74. The van der Waals surface area contributed by atoms with Crippen molar-refractivity contribution in [3.8, 4) is 18.1 Å². The molecule has 0 spiro atoms. The highest BCUT2D eigenvalue weighted by Gasteiger charge is 2.08. The molecule has 1 aromatic carbocycles. The minimum atomic E-state index is -0.563. The van der Waals surface area contributed by atoms with E-state index in [4.69, 9.17) is 11.2 Å². The molecule has 0 amide bonds. The van der Waals surface area contributed by atoms with Gasteiger partial charge in [0, 0.05) is 6.54 Å². The monoisotopic (exact) mass is 247 g/mol. The molecule has 0 fully saturated rings. The molecule has 1 rings (SSSR count). The highest BCUT2D eigenvalue weighted by molar-refractivity contribution is 5.31. The topological polar surface area (TPSA) is 41.5 Å². The van der Waals surface area contributed by atoms with Crippen molar-refractivity contribution in [1.29, 1.82) is 0 Å². The van der Waals surface area contributed by atoms with Crippen LogP contribution in [0.15, 0.2) is 24.3 Å². The molecule has 0 saturated heterocycles. The fraction of sp³-hybridized carbons (Fsp3) is 0.467. The van der Waals surface area contributed by atoms with Crippen LogP contribution in [0.3, 0.4) is 0 Å². The molecule has 0 aromatic heterocycles. The average Bonchev–Trinajstić information content (AvgIpc) is 2.39. The summed E-state index contributed by atoms with van der Waals surface area (Å²) in [6, 6.07) is 7.76. The quantitative estimate of drug-likeness (QED) is 0.721. The van der Waals surface area contributed by atoms with Gasteiger partial charge in [-0.05, 0) is 25.0 Å². The second-order valence-electron chi connectivity index (χ2n) is 4.27. The molecule has 2 N–H and O–H groups in total. The van der Waals surface area contributed by atoms with Gasteiger partial charge in [0.25, 0.3) is 0 Å². The van der Waals surface area contributed by atoms with Crippen LogP contribution < -0.4 is 10.1 Å². The molecule has 0 heterocycles. The highest BCUT2D eigenvalue weighted by Crippen LogP contribution is 2.16. The number of hydrogen-bond donors (Lipinski definition) is 2. The van der Waals surface area contributed by atoms with Crippen molar-refractivity contribution < 1.29 is 9.84 Å². The van der Waals surface area contributed by atoms with E-state index in [1.165, 1.54) is 0 Å². The van der Waals surface area contributed by atoms with E-state index in [0.29, 0.717) is 6.54 Å². The zero-order valence-electron chi connectivity index (χ0n) is 11.0. The maximum Gasteiger partial charge on any atom is 0.122 e. The minimum Gasteiger partial charge on any atom is -0.491 e. The van der Waals surface area contributed by atoms with E-state index in [1.54, 1.807) is 0 Å². The molecule has 0 aliphatic heterocycles. The molecule has 18 heavy (non-hydrogen) atoms. The Hall–Kier alpha value is -1.50. The number of nitrogens with one attached hydrogen (secondary N) is 1. The van der Waals surface area contributed by atoms with Crippen molar-refractivity contribution in [3.63, 3.8) is 0 Å². The van der Waals surface area contributed by atoms with Crippen molar-refractivity contribution >= 4 is 0 Å². The molecule has 2 atom stereocenters. The number of aliphatic hydroxyl groups excluding tert-OH is 1. The van der Waals surface area contributed by atoms with Crippen LogP contribution in [0.1, 0.15) is 18.9 Å². The smallest absolute Gasteiger partial charge is 0.122 e. The SMILES string of the molecule is C#CC(CC)NCC(O)COc1ccccc1C. The van der Waals surface area contributed by atoms with Crippen LogP contribution in [-0.2, 0) is 0 Å². The molecule has 3 heteroatoms. The van der Waals surface area contributed by atoms with Crippen LogP contribution in [0.25, 0.3) is 0 Å².